The predicted molar refractivity (Wildman–Crippen MR) is 114 cm³/mol. The van der Waals surface area contributed by atoms with Crippen molar-refractivity contribution >= 4 is 17.7 Å². The zero-order chi connectivity index (χ0) is 21.4. The highest BCUT2D eigenvalue weighted by Gasteiger charge is 2.47. The molecule has 2 fully saturated rings. The van der Waals surface area contributed by atoms with Gasteiger partial charge in [-0.15, -0.1) is 0 Å². The van der Waals surface area contributed by atoms with Crippen LogP contribution in [-0.4, -0.2) is 71.8 Å². The Bertz CT molecular complexity index is 893. The molecule has 0 radical (unpaired) electrons. The smallest absolute Gasteiger partial charge is 0.233 e. The number of likely N-dealkylation sites (tertiary alicyclic amines) is 1. The van der Waals surface area contributed by atoms with E-state index in [1.165, 1.54) is 16.0 Å². The molecule has 164 valence electrons. The molecule has 0 spiro atoms. The van der Waals surface area contributed by atoms with Crippen molar-refractivity contribution in [3.63, 3.8) is 0 Å². The van der Waals surface area contributed by atoms with E-state index in [2.05, 4.69) is 23.1 Å². The summed E-state index contributed by atoms with van der Waals surface area (Å²) in [6.07, 6.45) is 6.44. The minimum Gasteiger partial charge on any atom is -0.493 e. The van der Waals surface area contributed by atoms with Gasteiger partial charge in [-0.2, -0.15) is 0 Å². The van der Waals surface area contributed by atoms with Crippen LogP contribution in [0.1, 0.15) is 30.4 Å². The minimum absolute atomic E-state index is 0.0305. The first-order chi connectivity index (χ1) is 15.1. The van der Waals surface area contributed by atoms with Crippen LogP contribution in [0.3, 0.4) is 0 Å². The fourth-order valence-corrected chi connectivity index (χ4v) is 5.21. The van der Waals surface area contributed by atoms with Crippen molar-refractivity contribution in [3.05, 3.63) is 41.5 Å². The summed E-state index contributed by atoms with van der Waals surface area (Å²) in [7, 11) is 0. The Balaban J connectivity index is 1.09. The molecule has 1 aliphatic carbocycles. The molecular weight excluding hydrogens is 394 g/mol. The number of carbonyl (C=O) groups excluding carboxylic acids is 3. The van der Waals surface area contributed by atoms with Crippen molar-refractivity contribution < 1.29 is 19.1 Å². The number of imide groups is 1. The summed E-state index contributed by atoms with van der Waals surface area (Å²) in [6, 6.07) is 6.42. The van der Waals surface area contributed by atoms with Crippen molar-refractivity contribution in [1.82, 2.24) is 14.7 Å². The number of hydrogen-bond donors (Lipinski definition) is 0. The summed E-state index contributed by atoms with van der Waals surface area (Å²) < 4.78 is 5.58. The number of nitrogens with zero attached hydrogens (tertiary/aromatic N) is 3. The van der Waals surface area contributed by atoms with Crippen LogP contribution in [-0.2, 0) is 27.3 Å². The van der Waals surface area contributed by atoms with Crippen LogP contribution in [0.15, 0.2) is 30.4 Å². The quantitative estimate of drug-likeness (QED) is 0.532. The van der Waals surface area contributed by atoms with Gasteiger partial charge in [0.1, 0.15) is 5.75 Å². The van der Waals surface area contributed by atoms with Gasteiger partial charge >= 0.3 is 0 Å². The van der Waals surface area contributed by atoms with E-state index >= 15 is 0 Å². The maximum absolute atomic E-state index is 12.7. The SMILES string of the molecule is O=C(CCN1C(=O)C2CC=CCC2C1=O)N1CCN(Cc2ccc3c(c2)CCO3)CC1. The second kappa shape index (κ2) is 8.46. The largest absolute Gasteiger partial charge is 0.493 e. The van der Waals surface area contributed by atoms with Gasteiger partial charge < -0.3 is 9.64 Å². The van der Waals surface area contributed by atoms with Gasteiger partial charge in [0.05, 0.1) is 18.4 Å². The van der Waals surface area contributed by atoms with E-state index in [0.717, 1.165) is 38.4 Å². The average Bonchev–Trinajstić information content (AvgIpc) is 3.35. The van der Waals surface area contributed by atoms with E-state index in [-0.39, 0.29) is 42.5 Å². The number of ether oxygens (including phenoxy) is 1. The Morgan fingerprint density at radius 3 is 2.42 bits per heavy atom. The lowest BCUT2D eigenvalue weighted by Crippen LogP contribution is -2.49. The zero-order valence-corrected chi connectivity index (χ0v) is 17.8. The number of benzene rings is 1. The summed E-state index contributed by atoms with van der Waals surface area (Å²) >= 11 is 0. The molecule has 5 rings (SSSR count). The molecule has 3 heterocycles. The number of fused-ring (bicyclic) bond motifs is 2. The van der Waals surface area contributed by atoms with E-state index in [4.69, 9.17) is 4.74 Å². The fourth-order valence-electron chi connectivity index (χ4n) is 5.21. The van der Waals surface area contributed by atoms with Gasteiger partial charge in [-0.1, -0.05) is 24.3 Å². The van der Waals surface area contributed by atoms with E-state index in [1.54, 1.807) is 0 Å². The first-order valence-corrected chi connectivity index (χ1v) is 11.3. The molecular formula is C24H29N3O4. The number of hydrogen-bond acceptors (Lipinski definition) is 5. The first kappa shape index (κ1) is 20.2. The highest BCUT2D eigenvalue weighted by molar-refractivity contribution is 6.05. The Hall–Kier alpha value is -2.67. The zero-order valence-electron chi connectivity index (χ0n) is 17.8. The molecule has 1 aromatic rings. The van der Waals surface area contributed by atoms with E-state index in [1.807, 2.05) is 17.1 Å². The van der Waals surface area contributed by atoms with Gasteiger partial charge in [-0.25, -0.2) is 0 Å². The summed E-state index contributed by atoms with van der Waals surface area (Å²) in [5, 5.41) is 0. The van der Waals surface area contributed by atoms with Gasteiger partial charge in [-0.3, -0.25) is 24.2 Å². The Morgan fingerprint density at radius 2 is 1.71 bits per heavy atom. The summed E-state index contributed by atoms with van der Waals surface area (Å²) in [6.45, 7) is 4.89. The molecule has 0 aromatic heterocycles. The van der Waals surface area contributed by atoms with Gasteiger partial charge in [0.25, 0.3) is 0 Å². The van der Waals surface area contributed by atoms with Crippen molar-refractivity contribution in [2.75, 3.05) is 39.3 Å². The van der Waals surface area contributed by atoms with Crippen molar-refractivity contribution in [2.45, 2.75) is 32.2 Å². The molecule has 2 unspecified atom stereocenters. The van der Waals surface area contributed by atoms with E-state index in [9.17, 15) is 14.4 Å². The fraction of sp³-hybridized carbons (Fsp3) is 0.542. The molecule has 0 N–H and O–H groups in total. The van der Waals surface area contributed by atoms with Crippen LogP contribution in [0, 0.1) is 11.8 Å². The molecule has 2 atom stereocenters. The van der Waals surface area contributed by atoms with Crippen LogP contribution in [0.5, 0.6) is 5.75 Å². The summed E-state index contributed by atoms with van der Waals surface area (Å²) in [5.41, 5.74) is 2.57. The van der Waals surface area contributed by atoms with Crippen molar-refractivity contribution in [2.24, 2.45) is 11.8 Å². The third-order valence-corrected chi connectivity index (χ3v) is 7.03. The minimum atomic E-state index is -0.220. The highest BCUT2D eigenvalue weighted by Crippen LogP contribution is 2.35. The third-order valence-electron chi connectivity index (χ3n) is 7.03. The average molecular weight is 424 g/mol. The van der Waals surface area contributed by atoms with E-state index in [0.29, 0.717) is 25.9 Å². The predicted octanol–water partition coefficient (Wildman–Crippen LogP) is 1.61. The Labute approximate surface area is 182 Å². The van der Waals surface area contributed by atoms with Gasteiger partial charge in [0.15, 0.2) is 0 Å². The van der Waals surface area contributed by atoms with Crippen molar-refractivity contribution in [1.29, 1.82) is 0 Å². The van der Waals surface area contributed by atoms with Gasteiger partial charge in [0, 0.05) is 52.1 Å². The molecule has 3 aliphatic heterocycles. The topological polar surface area (TPSA) is 70.2 Å². The van der Waals surface area contributed by atoms with Crippen LogP contribution in [0.25, 0.3) is 0 Å². The normalized spacial score (nSPS) is 25.5. The van der Waals surface area contributed by atoms with Crippen LogP contribution in [0.2, 0.25) is 0 Å². The molecule has 0 bridgehead atoms. The summed E-state index contributed by atoms with van der Waals surface area (Å²) in [5.74, 6) is 0.393. The van der Waals surface area contributed by atoms with Crippen LogP contribution >= 0.6 is 0 Å². The second-order valence-electron chi connectivity index (χ2n) is 8.93. The maximum atomic E-state index is 12.7. The number of allylic oxidation sites excluding steroid dienone is 2. The van der Waals surface area contributed by atoms with Crippen LogP contribution < -0.4 is 4.74 Å². The summed E-state index contributed by atoms with van der Waals surface area (Å²) in [4.78, 5) is 43.4. The molecule has 2 saturated heterocycles. The third kappa shape index (κ3) is 3.99. The molecule has 7 nitrogen and oxygen atoms in total. The lowest BCUT2D eigenvalue weighted by atomic mass is 9.85. The van der Waals surface area contributed by atoms with Crippen LogP contribution in [0.4, 0.5) is 0 Å². The molecule has 0 saturated carbocycles. The van der Waals surface area contributed by atoms with Crippen molar-refractivity contribution in [3.8, 4) is 5.75 Å². The lowest BCUT2D eigenvalue weighted by molar-refractivity contribution is -0.141. The second-order valence-corrected chi connectivity index (χ2v) is 8.93. The Morgan fingerprint density at radius 1 is 1.00 bits per heavy atom. The number of amides is 3. The molecule has 31 heavy (non-hydrogen) atoms. The molecule has 1 aromatic carbocycles. The maximum Gasteiger partial charge on any atom is 0.233 e. The molecule has 4 aliphatic rings. The Kier molecular flexibility index (Phi) is 5.52. The van der Waals surface area contributed by atoms with Gasteiger partial charge in [0.2, 0.25) is 17.7 Å². The lowest BCUT2D eigenvalue weighted by Gasteiger charge is -2.35. The number of piperazine rings is 1. The molecule has 3 amide bonds. The first-order valence-electron chi connectivity index (χ1n) is 11.3. The standard InChI is InChI=1S/C24H29N3O4/c28-22(7-9-27-23(29)19-3-1-2-4-20(19)24(27)30)26-12-10-25(11-13-26)16-17-5-6-21-18(15-17)8-14-31-21/h1-2,5-6,15,19-20H,3-4,7-14,16H2. The molecule has 7 heteroatoms. The number of rotatable bonds is 5. The monoisotopic (exact) mass is 423 g/mol. The van der Waals surface area contributed by atoms with E-state index < -0.39 is 0 Å². The number of carbonyl (C=O) groups is 3. The highest BCUT2D eigenvalue weighted by atomic mass is 16.5. The van der Waals surface area contributed by atoms with Gasteiger partial charge in [-0.05, 0) is 30.0 Å².